The monoisotopic (exact) mass is 463 g/mol. The fourth-order valence-electron chi connectivity index (χ4n) is 2.48. The van der Waals surface area contributed by atoms with Crippen LogP contribution < -0.4 is 14.5 Å². The van der Waals surface area contributed by atoms with E-state index >= 15 is 0 Å². The lowest BCUT2D eigenvalue weighted by Gasteiger charge is -2.31. The van der Waals surface area contributed by atoms with Crippen molar-refractivity contribution in [3.05, 3.63) is 33.7 Å². The second-order valence-corrected chi connectivity index (χ2v) is 7.50. The average molecular weight is 464 g/mol. The molecule has 1 aromatic carbocycles. The maximum absolute atomic E-state index is 13.0. The van der Waals surface area contributed by atoms with Crippen LogP contribution in [0.15, 0.2) is 28.1 Å². The van der Waals surface area contributed by atoms with E-state index in [1.165, 1.54) is 0 Å². The molecule has 27 heavy (non-hydrogen) atoms. The molecule has 1 aliphatic heterocycles. The number of hydrogen-bond donors (Lipinski definition) is 0. The van der Waals surface area contributed by atoms with Crippen molar-refractivity contribution < 1.29 is 27.5 Å². The number of fused-ring (bicyclic) bond motifs is 1. The van der Waals surface area contributed by atoms with Gasteiger partial charge in [-0.25, -0.2) is 4.98 Å². The fourth-order valence-corrected chi connectivity index (χ4v) is 3.64. The Kier molecular flexibility index (Phi) is 5.43. The molecule has 1 aliphatic rings. The van der Waals surface area contributed by atoms with Crippen LogP contribution in [-0.4, -0.2) is 42.7 Å². The minimum atomic E-state index is -4.60. The third kappa shape index (κ3) is 4.59. The zero-order valence-corrected chi connectivity index (χ0v) is 16.3. The number of amides is 2. The van der Waals surface area contributed by atoms with E-state index in [4.69, 9.17) is 4.74 Å². The van der Waals surface area contributed by atoms with Gasteiger partial charge < -0.3 is 4.74 Å². The van der Waals surface area contributed by atoms with Crippen LogP contribution >= 0.6 is 27.3 Å². The van der Waals surface area contributed by atoms with Crippen molar-refractivity contribution in [2.45, 2.75) is 13.1 Å². The van der Waals surface area contributed by atoms with Gasteiger partial charge in [-0.2, -0.15) is 13.2 Å². The molecule has 0 saturated heterocycles. The summed E-state index contributed by atoms with van der Waals surface area (Å²) in [5.41, 5.74) is 0.831. The van der Waals surface area contributed by atoms with Crippen LogP contribution in [0.25, 0.3) is 0 Å². The molecule has 0 N–H and O–H groups in total. The standard InChI is InChI=1S/C16H13BrF3N3O3S/c1-9-7-27-15(21-9)23(8-16(18,19)20)13(24)5-22-11-3-2-10(17)4-12(11)26-6-14(22)25/h2-4,7H,5-6,8H2,1H3. The lowest BCUT2D eigenvalue weighted by molar-refractivity contribution is -0.132. The van der Waals surface area contributed by atoms with Gasteiger partial charge in [0.2, 0.25) is 5.91 Å². The summed E-state index contributed by atoms with van der Waals surface area (Å²) in [6, 6.07) is 4.83. The first kappa shape index (κ1) is 19.6. The molecule has 0 atom stereocenters. The summed E-state index contributed by atoms with van der Waals surface area (Å²) < 4.78 is 45.0. The number of aromatic nitrogens is 1. The topological polar surface area (TPSA) is 62.7 Å². The normalized spacial score (nSPS) is 14.0. The minimum absolute atomic E-state index is 0.0634. The number of thiazole rings is 1. The summed E-state index contributed by atoms with van der Waals surface area (Å²) in [5.74, 6) is -1.03. The predicted octanol–water partition coefficient (Wildman–Crippen LogP) is 3.53. The van der Waals surface area contributed by atoms with Crippen LogP contribution in [0.5, 0.6) is 5.75 Å². The molecule has 0 saturated carbocycles. The molecule has 11 heteroatoms. The molecule has 0 bridgehead atoms. The van der Waals surface area contributed by atoms with E-state index in [1.54, 1.807) is 30.5 Å². The van der Waals surface area contributed by atoms with Crippen molar-refractivity contribution in [1.29, 1.82) is 0 Å². The number of carbonyl (C=O) groups is 2. The first-order valence-corrected chi connectivity index (χ1v) is 9.33. The summed E-state index contributed by atoms with van der Waals surface area (Å²) in [6.07, 6.45) is -4.60. The number of hydrogen-bond acceptors (Lipinski definition) is 5. The van der Waals surface area contributed by atoms with Gasteiger partial charge in [0.05, 0.1) is 11.4 Å². The van der Waals surface area contributed by atoms with E-state index in [9.17, 15) is 22.8 Å². The summed E-state index contributed by atoms with van der Waals surface area (Å²) >= 11 is 4.21. The molecule has 0 unspecified atom stereocenters. The SMILES string of the molecule is Cc1csc(N(CC(F)(F)F)C(=O)CN2C(=O)COc3cc(Br)ccc32)n1. The lowest BCUT2D eigenvalue weighted by Crippen LogP contribution is -2.48. The zero-order valence-electron chi connectivity index (χ0n) is 13.9. The van der Waals surface area contributed by atoms with Crippen LogP contribution in [0.4, 0.5) is 24.0 Å². The van der Waals surface area contributed by atoms with E-state index in [0.717, 1.165) is 16.2 Å². The van der Waals surface area contributed by atoms with E-state index in [2.05, 4.69) is 20.9 Å². The Balaban J connectivity index is 1.88. The first-order chi connectivity index (χ1) is 12.6. The van der Waals surface area contributed by atoms with Crippen molar-refractivity contribution in [1.82, 2.24) is 4.98 Å². The highest BCUT2D eigenvalue weighted by Gasteiger charge is 2.37. The Bertz CT molecular complexity index is 887. The number of benzene rings is 1. The number of nitrogens with zero attached hydrogens (tertiary/aromatic N) is 3. The highest BCUT2D eigenvalue weighted by atomic mass is 79.9. The Morgan fingerprint density at radius 2 is 2.19 bits per heavy atom. The summed E-state index contributed by atoms with van der Waals surface area (Å²) in [5, 5.41) is 1.49. The van der Waals surface area contributed by atoms with Crippen molar-refractivity contribution in [3.8, 4) is 5.75 Å². The number of aryl methyl sites for hydroxylation is 1. The van der Waals surface area contributed by atoms with Crippen molar-refractivity contribution in [2.75, 3.05) is 29.5 Å². The van der Waals surface area contributed by atoms with E-state index in [0.29, 0.717) is 26.5 Å². The van der Waals surface area contributed by atoms with E-state index in [1.807, 2.05) is 0 Å². The fraction of sp³-hybridized carbons (Fsp3) is 0.312. The molecule has 2 amide bonds. The summed E-state index contributed by atoms with van der Waals surface area (Å²) in [7, 11) is 0. The minimum Gasteiger partial charge on any atom is -0.482 e. The number of halogens is 4. The quantitative estimate of drug-likeness (QED) is 0.695. The molecule has 2 heterocycles. The molecule has 0 aliphatic carbocycles. The first-order valence-electron chi connectivity index (χ1n) is 7.66. The number of carbonyl (C=O) groups excluding carboxylic acids is 2. The van der Waals surface area contributed by atoms with E-state index in [-0.39, 0.29) is 11.7 Å². The number of alkyl halides is 3. The lowest BCUT2D eigenvalue weighted by atomic mass is 10.2. The van der Waals surface area contributed by atoms with Crippen molar-refractivity contribution >= 4 is 49.9 Å². The molecule has 0 fully saturated rings. The maximum Gasteiger partial charge on any atom is 0.406 e. The van der Waals surface area contributed by atoms with Gasteiger partial charge in [-0.1, -0.05) is 15.9 Å². The average Bonchev–Trinajstić information content (AvgIpc) is 3.00. The second kappa shape index (κ2) is 7.47. The smallest absolute Gasteiger partial charge is 0.406 e. The van der Waals surface area contributed by atoms with Crippen LogP contribution in [0.2, 0.25) is 0 Å². The van der Waals surface area contributed by atoms with Gasteiger partial charge in [-0.3, -0.25) is 19.4 Å². The van der Waals surface area contributed by atoms with Crippen LogP contribution in [0.3, 0.4) is 0 Å². The van der Waals surface area contributed by atoms with Crippen molar-refractivity contribution in [2.24, 2.45) is 0 Å². The number of anilines is 2. The molecule has 6 nitrogen and oxygen atoms in total. The Morgan fingerprint density at radius 1 is 1.44 bits per heavy atom. The molecular formula is C16H13BrF3N3O3S. The largest absolute Gasteiger partial charge is 0.482 e. The summed E-state index contributed by atoms with van der Waals surface area (Å²) in [4.78, 5) is 30.5. The number of ether oxygens (including phenoxy) is 1. The number of rotatable bonds is 4. The molecular weight excluding hydrogens is 451 g/mol. The Morgan fingerprint density at radius 3 is 2.81 bits per heavy atom. The molecule has 1 aromatic heterocycles. The van der Waals surface area contributed by atoms with Gasteiger partial charge >= 0.3 is 6.18 Å². The van der Waals surface area contributed by atoms with Crippen LogP contribution in [-0.2, 0) is 9.59 Å². The molecule has 0 spiro atoms. The molecule has 2 aromatic rings. The van der Waals surface area contributed by atoms with Crippen LogP contribution in [0.1, 0.15) is 5.69 Å². The van der Waals surface area contributed by atoms with Gasteiger partial charge in [0.25, 0.3) is 5.91 Å². The van der Waals surface area contributed by atoms with Crippen LogP contribution in [0, 0.1) is 6.92 Å². The van der Waals surface area contributed by atoms with Gasteiger partial charge in [-0.15, -0.1) is 11.3 Å². The predicted molar refractivity (Wildman–Crippen MR) is 97.2 cm³/mol. The maximum atomic E-state index is 13.0. The van der Waals surface area contributed by atoms with Crippen molar-refractivity contribution in [3.63, 3.8) is 0 Å². The highest BCUT2D eigenvalue weighted by Crippen LogP contribution is 2.35. The summed E-state index contributed by atoms with van der Waals surface area (Å²) in [6.45, 7) is -0.710. The zero-order chi connectivity index (χ0) is 19.8. The van der Waals surface area contributed by atoms with Gasteiger partial charge in [-0.05, 0) is 25.1 Å². The molecule has 144 valence electrons. The third-order valence-electron chi connectivity index (χ3n) is 3.63. The highest BCUT2D eigenvalue weighted by molar-refractivity contribution is 9.10. The van der Waals surface area contributed by atoms with E-state index < -0.39 is 31.1 Å². The molecule has 0 radical (unpaired) electrons. The van der Waals surface area contributed by atoms with Gasteiger partial charge in [0.15, 0.2) is 11.7 Å². The Labute approximate surface area is 164 Å². The second-order valence-electron chi connectivity index (χ2n) is 5.75. The van der Waals surface area contributed by atoms with Gasteiger partial charge in [0.1, 0.15) is 18.8 Å². The van der Waals surface area contributed by atoms with Gasteiger partial charge in [0, 0.05) is 9.85 Å². The molecule has 3 rings (SSSR count). The third-order valence-corrected chi connectivity index (χ3v) is 5.11. The Hall–Kier alpha value is -2.14.